The van der Waals surface area contributed by atoms with Crippen LogP contribution in [-0.4, -0.2) is 53.6 Å². The van der Waals surface area contributed by atoms with Crippen molar-refractivity contribution in [2.75, 3.05) is 33.3 Å². The minimum atomic E-state index is 0.141. The van der Waals surface area contributed by atoms with Gasteiger partial charge >= 0.3 is 0 Å². The lowest BCUT2D eigenvalue weighted by molar-refractivity contribution is -0.124. The summed E-state index contributed by atoms with van der Waals surface area (Å²) < 4.78 is 2.07. The van der Waals surface area contributed by atoms with Crippen molar-refractivity contribution in [2.45, 2.75) is 25.9 Å². The topological polar surface area (TPSA) is 57.5 Å². The molecule has 5 heteroatoms. The molecular formula is C19H27N3O2. The molecule has 2 aromatic rings. The van der Waals surface area contributed by atoms with Crippen LogP contribution in [0.1, 0.15) is 18.4 Å². The molecule has 0 saturated carbocycles. The highest BCUT2D eigenvalue weighted by Gasteiger charge is 2.23. The van der Waals surface area contributed by atoms with Crippen LogP contribution in [-0.2, 0) is 17.9 Å². The van der Waals surface area contributed by atoms with Crippen LogP contribution in [0.2, 0.25) is 0 Å². The molecule has 0 amide bonds. The maximum Gasteiger partial charge on any atom is 0.155 e. The van der Waals surface area contributed by atoms with Crippen molar-refractivity contribution >= 4 is 16.7 Å². The number of carbonyl (C=O) groups excluding carboxylic acids is 1. The summed E-state index contributed by atoms with van der Waals surface area (Å²) in [7, 11) is 2.12. The molecule has 24 heavy (non-hydrogen) atoms. The number of aliphatic hydroxyl groups excluding tert-OH is 1. The molecular weight excluding hydrogens is 302 g/mol. The lowest BCUT2D eigenvalue weighted by Crippen LogP contribution is -2.34. The number of piperidine rings is 1. The van der Waals surface area contributed by atoms with E-state index in [0.717, 1.165) is 38.0 Å². The molecule has 130 valence electrons. The fourth-order valence-electron chi connectivity index (χ4n) is 3.51. The van der Waals surface area contributed by atoms with Gasteiger partial charge in [0.1, 0.15) is 0 Å². The molecule has 3 rings (SSSR count). The fraction of sp³-hybridized carbons (Fsp3) is 0.526. The number of nitrogens with one attached hydrogen (secondary N) is 1. The molecule has 0 bridgehead atoms. The number of benzene rings is 1. The molecule has 0 aliphatic carbocycles. The van der Waals surface area contributed by atoms with Gasteiger partial charge in [-0.1, -0.05) is 12.1 Å². The number of nitrogens with zero attached hydrogens (tertiary/aromatic N) is 2. The molecule has 1 saturated heterocycles. The van der Waals surface area contributed by atoms with Gasteiger partial charge in [0.15, 0.2) is 5.78 Å². The SMILES string of the molecule is CN1CCC(C(=O)Cn2ccc3c(CNCCO)cccc32)CC1. The first-order valence-electron chi connectivity index (χ1n) is 8.78. The van der Waals surface area contributed by atoms with Crippen molar-refractivity contribution in [3.8, 4) is 0 Å². The molecule has 2 heterocycles. The molecule has 1 fully saturated rings. The van der Waals surface area contributed by atoms with Gasteiger partial charge in [0.2, 0.25) is 0 Å². The maximum atomic E-state index is 12.6. The van der Waals surface area contributed by atoms with Crippen LogP contribution < -0.4 is 5.32 Å². The first-order valence-corrected chi connectivity index (χ1v) is 8.78. The van der Waals surface area contributed by atoms with E-state index in [-0.39, 0.29) is 12.5 Å². The number of hydrogen-bond donors (Lipinski definition) is 2. The zero-order valence-electron chi connectivity index (χ0n) is 14.4. The second kappa shape index (κ2) is 7.92. The third-order valence-electron chi connectivity index (χ3n) is 5.01. The summed E-state index contributed by atoms with van der Waals surface area (Å²) in [5.74, 6) is 0.553. The smallest absolute Gasteiger partial charge is 0.155 e. The Hall–Kier alpha value is -1.69. The van der Waals surface area contributed by atoms with Gasteiger partial charge in [0.25, 0.3) is 0 Å². The molecule has 5 nitrogen and oxygen atoms in total. The molecule has 1 aliphatic heterocycles. The predicted octanol–water partition coefficient (Wildman–Crippen LogP) is 1.63. The third kappa shape index (κ3) is 3.86. The Kier molecular flexibility index (Phi) is 5.66. The summed E-state index contributed by atoms with van der Waals surface area (Å²) in [5.41, 5.74) is 2.31. The van der Waals surface area contributed by atoms with Crippen LogP contribution in [0.5, 0.6) is 0 Å². The van der Waals surface area contributed by atoms with E-state index in [1.165, 1.54) is 10.9 Å². The van der Waals surface area contributed by atoms with Crippen LogP contribution in [0.25, 0.3) is 10.9 Å². The van der Waals surface area contributed by atoms with Crippen molar-refractivity contribution in [2.24, 2.45) is 5.92 Å². The lowest BCUT2D eigenvalue weighted by Gasteiger charge is -2.28. The molecule has 1 aliphatic rings. The van der Waals surface area contributed by atoms with Gasteiger partial charge in [0.05, 0.1) is 13.2 Å². The van der Waals surface area contributed by atoms with Crippen LogP contribution in [0, 0.1) is 5.92 Å². The molecule has 0 atom stereocenters. The van der Waals surface area contributed by atoms with E-state index in [1.807, 2.05) is 12.3 Å². The summed E-state index contributed by atoms with van der Waals surface area (Å²) in [6, 6.07) is 8.30. The number of fused-ring (bicyclic) bond motifs is 1. The first-order chi connectivity index (χ1) is 11.7. The summed E-state index contributed by atoms with van der Waals surface area (Å²) >= 11 is 0. The third-order valence-corrected chi connectivity index (χ3v) is 5.01. The minimum Gasteiger partial charge on any atom is -0.395 e. The van der Waals surface area contributed by atoms with Crippen molar-refractivity contribution < 1.29 is 9.90 Å². The fourth-order valence-corrected chi connectivity index (χ4v) is 3.51. The molecule has 0 radical (unpaired) electrons. The second-order valence-electron chi connectivity index (χ2n) is 6.74. The largest absolute Gasteiger partial charge is 0.395 e. The highest BCUT2D eigenvalue weighted by Crippen LogP contribution is 2.22. The van der Waals surface area contributed by atoms with E-state index in [9.17, 15) is 4.79 Å². The highest BCUT2D eigenvalue weighted by molar-refractivity contribution is 5.87. The van der Waals surface area contributed by atoms with Crippen molar-refractivity contribution in [1.82, 2.24) is 14.8 Å². The van der Waals surface area contributed by atoms with E-state index in [1.54, 1.807) is 0 Å². The Morgan fingerprint density at radius 1 is 1.29 bits per heavy atom. The zero-order chi connectivity index (χ0) is 16.9. The average Bonchev–Trinajstić information content (AvgIpc) is 2.99. The maximum absolute atomic E-state index is 12.6. The normalized spacial score (nSPS) is 16.8. The summed E-state index contributed by atoms with van der Waals surface area (Å²) in [5, 5.41) is 13.3. The quantitative estimate of drug-likeness (QED) is 0.758. The first kappa shape index (κ1) is 17.1. The highest BCUT2D eigenvalue weighted by atomic mass is 16.3. The molecule has 2 N–H and O–H groups in total. The van der Waals surface area contributed by atoms with Crippen LogP contribution >= 0.6 is 0 Å². The molecule has 0 unspecified atom stereocenters. The van der Waals surface area contributed by atoms with Gasteiger partial charge in [-0.3, -0.25) is 4.79 Å². The Morgan fingerprint density at radius 3 is 2.83 bits per heavy atom. The van der Waals surface area contributed by atoms with Crippen molar-refractivity contribution in [3.05, 3.63) is 36.0 Å². The van der Waals surface area contributed by atoms with E-state index < -0.39 is 0 Å². The van der Waals surface area contributed by atoms with Crippen molar-refractivity contribution in [3.63, 3.8) is 0 Å². The second-order valence-corrected chi connectivity index (χ2v) is 6.74. The molecule has 1 aromatic carbocycles. The predicted molar refractivity (Wildman–Crippen MR) is 96.0 cm³/mol. The average molecular weight is 329 g/mol. The van der Waals surface area contributed by atoms with Crippen LogP contribution in [0.3, 0.4) is 0 Å². The van der Waals surface area contributed by atoms with Gasteiger partial charge in [-0.15, -0.1) is 0 Å². The van der Waals surface area contributed by atoms with Crippen LogP contribution in [0.4, 0.5) is 0 Å². The van der Waals surface area contributed by atoms with E-state index >= 15 is 0 Å². The van der Waals surface area contributed by atoms with Gasteiger partial charge in [-0.2, -0.15) is 0 Å². The number of rotatable bonds is 7. The summed E-state index contributed by atoms with van der Waals surface area (Å²) in [4.78, 5) is 14.9. The monoisotopic (exact) mass is 329 g/mol. The Balaban J connectivity index is 1.71. The number of aromatic nitrogens is 1. The minimum absolute atomic E-state index is 0.141. The summed E-state index contributed by atoms with van der Waals surface area (Å²) in [6.45, 7) is 3.96. The van der Waals surface area contributed by atoms with Gasteiger partial charge in [0, 0.05) is 36.1 Å². The Bertz CT molecular complexity index is 687. The molecule has 0 spiro atoms. The number of Topliss-reactive ketones (excluding diaryl/α,β-unsaturated/α-hetero) is 1. The van der Waals surface area contributed by atoms with E-state index in [2.05, 4.69) is 40.0 Å². The lowest BCUT2D eigenvalue weighted by atomic mass is 9.92. The Labute approximate surface area is 143 Å². The number of hydrogen-bond acceptors (Lipinski definition) is 4. The van der Waals surface area contributed by atoms with Crippen molar-refractivity contribution in [1.29, 1.82) is 0 Å². The van der Waals surface area contributed by atoms with Gasteiger partial charge < -0.3 is 19.9 Å². The van der Waals surface area contributed by atoms with Gasteiger partial charge in [-0.05, 0) is 50.7 Å². The van der Waals surface area contributed by atoms with E-state index in [4.69, 9.17) is 5.11 Å². The number of likely N-dealkylation sites (tertiary alicyclic amines) is 1. The van der Waals surface area contributed by atoms with Crippen LogP contribution in [0.15, 0.2) is 30.5 Å². The number of carbonyl (C=O) groups is 1. The molecule has 1 aromatic heterocycles. The number of ketones is 1. The Morgan fingerprint density at radius 2 is 2.08 bits per heavy atom. The van der Waals surface area contributed by atoms with E-state index in [0.29, 0.717) is 18.9 Å². The standard InChI is InChI=1S/C19H27N3O2/c1-21-9-5-15(6-10-21)19(24)14-22-11-7-17-16(13-20-8-12-23)3-2-4-18(17)22/h2-4,7,11,15,20,23H,5-6,8-10,12-14H2,1H3. The zero-order valence-corrected chi connectivity index (χ0v) is 14.4. The number of aliphatic hydroxyl groups is 1. The van der Waals surface area contributed by atoms with Gasteiger partial charge in [-0.25, -0.2) is 0 Å². The summed E-state index contributed by atoms with van der Waals surface area (Å²) in [6.07, 6.45) is 3.97.